The highest BCUT2D eigenvalue weighted by Gasteiger charge is 2.24. The zero-order valence-corrected chi connectivity index (χ0v) is 8.61. The van der Waals surface area contributed by atoms with Crippen LogP contribution in [0.3, 0.4) is 0 Å². The first kappa shape index (κ1) is 10.3. The van der Waals surface area contributed by atoms with Crippen molar-refractivity contribution in [1.82, 2.24) is 5.32 Å². The number of hydrogen-bond acceptors (Lipinski definition) is 3. The summed E-state index contributed by atoms with van der Waals surface area (Å²) in [6.07, 6.45) is 3.75. The van der Waals surface area contributed by atoms with Gasteiger partial charge >= 0.3 is 0 Å². The molecule has 0 spiro atoms. The van der Waals surface area contributed by atoms with Gasteiger partial charge in [-0.05, 0) is 30.5 Å². The number of hydrogen-bond donors (Lipinski definition) is 1. The van der Waals surface area contributed by atoms with Crippen molar-refractivity contribution in [3.63, 3.8) is 0 Å². The van der Waals surface area contributed by atoms with Crippen LogP contribution in [0.5, 0.6) is 0 Å². The van der Waals surface area contributed by atoms with E-state index in [-0.39, 0.29) is 11.1 Å². The second kappa shape index (κ2) is 4.46. The smallest absolute Gasteiger partial charge is 0.282 e. The van der Waals surface area contributed by atoms with E-state index in [0.29, 0.717) is 10.8 Å². The molecular weight excluding hydrogens is 186 g/mol. The third kappa shape index (κ3) is 3.22. The number of rotatable bonds is 3. The van der Waals surface area contributed by atoms with Crippen molar-refractivity contribution in [1.29, 1.82) is 0 Å². The monoisotopic (exact) mass is 199 g/mol. The number of nitrogens with one attached hydrogen (secondary N) is 1. The van der Waals surface area contributed by atoms with Crippen molar-refractivity contribution in [2.24, 2.45) is 5.92 Å². The maximum atomic E-state index is 11.0. The van der Waals surface area contributed by atoms with Gasteiger partial charge in [-0.25, -0.2) is 0 Å². The number of carbonyl (C=O) groups excluding carboxylic acids is 2. The molecule has 0 saturated carbocycles. The summed E-state index contributed by atoms with van der Waals surface area (Å²) in [5.41, 5.74) is 0. The molecule has 2 amide bonds. The highest BCUT2D eigenvalue weighted by Crippen LogP contribution is 2.23. The number of carbonyl (C=O) groups is 2. The van der Waals surface area contributed by atoms with E-state index >= 15 is 0 Å². The van der Waals surface area contributed by atoms with E-state index in [2.05, 4.69) is 19.2 Å². The highest BCUT2D eigenvalue weighted by molar-refractivity contribution is 8.18. The van der Waals surface area contributed by atoms with Crippen LogP contribution in [-0.4, -0.2) is 11.1 Å². The molecule has 72 valence electrons. The van der Waals surface area contributed by atoms with Crippen molar-refractivity contribution < 1.29 is 9.59 Å². The molecular formula is C9H13NO2S. The Morgan fingerprint density at radius 1 is 1.46 bits per heavy atom. The summed E-state index contributed by atoms with van der Waals surface area (Å²) in [5, 5.41) is 1.96. The summed E-state index contributed by atoms with van der Waals surface area (Å²) in [6, 6.07) is 0. The van der Waals surface area contributed by atoms with Crippen molar-refractivity contribution in [2.45, 2.75) is 26.7 Å². The maximum Gasteiger partial charge on any atom is 0.290 e. The van der Waals surface area contributed by atoms with Gasteiger partial charge < -0.3 is 0 Å². The standard InChI is InChI=1S/C9H13NO2S/c1-6(2)4-3-5-7-8(11)10-9(12)13-7/h5-6H,3-4H2,1-2H3,(H,10,11,12)/b7-5-. The lowest BCUT2D eigenvalue weighted by Gasteiger charge is -1.99. The van der Waals surface area contributed by atoms with Crippen molar-refractivity contribution in [3.8, 4) is 0 Å². The van der Waals surface area contributed by atoms with Crippen molar-refractivity contribution in [2.75, 3.05) is 0 Å². The van der Waals surface area contributed by atoms with Gasteiger partial charge in [-0.1, -0.05) is 19.9 Å². The van der Waals surface area contributed by atoms with Crippen molar-refractivity contribution >= 4 is 22.9 Å². The van der Waals surface area contributed by atoms with Gasteiger partial charge in [-0.15, -0.1) is 0 Å². The molecule has 0 aromatic rings. The molecule has 13 heavy (non-hydrogen) atoms. The number of thioether (sulfide) groups is 1. The van der Waals surface area contributed by atoms with Gasteiger partial charge in [0.2, 0.25) is 0 Å². The van der Waals surface area contributed by atoms with Crippen LogP contribution in [0.2, 0.25) is 0 Å². The predicted octanol–water partition coefficient (Wildman–Crippen LogP) is 2.29. The quantitative estimate of drug-likeness (QED) is 0.709. The Labute approximate surface area is 82.0 Å². The molecule has 1 rings (SSSR count). The second-order valence-corrected chi connectivity index (χ2v) is 4.40. The average molecular weight is 199 g/mol. The van der Waals surface area contributed by atoms with Gasteiger partial charge in [0.15, 0.2) is 0 Å². The van der Waals surface area contributed by atoms with Crippen molar-refractivity contribution in [3.05, 3.63) is 11.0 Å². The van der Waals surface area contributed by atoms with Crippen LogP contribution in [0.1, 0.15) is 26.7 Å². The Bertz CT molecular complexity index is 258. The molecule has 1 aliphatic rings. The average Bonchev–Trinajstić information content (AvgIpc) is 2.29. The van der Waals surface area contributed by atoms with E-state index in [1.807, 2.05) is 6.08 Å². The third-order valence-electron chi connectivity index (χ3n) is 1.72. The molecule has 0 aliphatic carbocycles. The summed E-state index contributed by atoms with van der Waals surface area (Å²) in [5.74, 6) is 0.376. The highest BCUT2D eigenvalue weighted by atomic mass is 32.2. The molecule has 0 aromatic heterocycles. The largest absolute Gasteiger partial charge is 0.290 e. The molecule has 1 saturated heterocycles. The van der Waals surface area contributed by atoms with E-state index in [1.54, 1.807) is 0 Å². The normalized spacial score (nSPS) is 20.1. The Balaban J connectivity index is 2.43. The fourth-order valence-electron chi connectivity index (χ4n) is 1.01. The summed E-state index contributed by atoms with van der Waals surface area (Å²) >= 11 is 0.987. The minimum Gasteiger partial charge on any atom is -0.282 e. The molecule has 0 bridgehead atoms. The van der Waals surface area contributed by atoms with Gasteiger partial charge in [-0.2, -0.15) is 0 Å². The summed E-state index contributed by atoms with van der Waals surface area (Å²) < 4.78 is 0. The molecule has 4 heteroatoms. The van der Waals surface area contributed by atoms with Crippen LogP contribution < -0.4 is 5.32 Å². The van der Waals surface area contributed by atoms with E-state index in [0.717, 1.165) is 24.6 Å². The predicted molar refractivity (Wildman–Crippen MR) is 53.3 cm³/mol. The minimum absolute atomic E-state index is 0.251. The maximum absolute atomic E-state index is 11.0. The van der Waals surface area contributed by atoms with Crippen LogP contribution in [0.25, 0.3) is 0 Å². The SMILES string of the molecule is CC(C)CC/C=C1\SC(=O)NC1=O. The molecule has 1 fully saturated rings. The summed E-state index contributed by atoms with van der Waals surface area (Å²) in [4.78, 5) is 22.3. The molecule has 1 heterocycles. The van der Waals surface area contributed by atoms with Crippen LogP contribution >= 0.6 is 11.8 Å². The molecule has 0 unspecified atom stereocenters. The van der Waals surface area contributed by atoms with Gasteiger partial charge in [-0.3, -0.25) is 14.9 Å². The van der Waals surface area contributed by atoms with Gasteiger partial charge in [0, 0.05) is 0 Å². The fourth-order valence-corrected chi connectivity index (χ4v) is 1.70. The Morgan fingerprint density at radius 2 is 2.15 bits per heavy atom. The van der Waals surface area contributed by atoms with E-state index < -0.39 is 0 Å². The van der Waals surface area contributed by atoms with Gasteiger partial charge in [0.05, 0.1) is 4.91 Å². The van der Waals surface area contributed by atoms with E-state index in [1.165, 1.54) is 0 Å². The minimum atomic E-state index is -0.263. The summed E-state index contributed by atoms with van der Waals surface area (Å²) in [7, 11) is 0. The van der Waals surface area contributed by atoms with Gasteiger partial charge in [0.25, 0.3) is 11.1 Å². The third-order valence-corrected chi connectivity index (χ3v) is 2.58. The zero-order valence-electron chi connectivity index (χ0n) is 7.79. The molecule has 0 aromatic carbocycles. The Hall–Kier alpha value is -0.770. The first-order chi connectivity index (χ1) is 6.09. The van der Waals surface area contributed by atoms with E-state index in [4.69, 9.17) is 0 Å². The molecule has 0 radical (unpaired) electrons. The molecule has 1 N–H and O–H groups in total. The van der Waals surface area contributed by atoms with E-state index in [9.17, 15) is 9.59 Å². The lowest BCUT2D eigenvalue weighted by Crippen LogP contribution is -2.17. The summed E-state index contributed by atoms with van der Waals surface area (Å²) in [6.45, 7) is 4.26. The van der Waals surface area contributed by atoms with Crippen LogP contribution in [-0.2, 0) is 4.79 Å². The topological polar surface area (TPSA) is 46.2 Å². The lowest BCUT2D eigenvalue weighted by molar-refractivity contribution is -0.115. The Morgan fingerprint density at radius 3 is 2.62 bits per heavy atom. The Kier molecular flexibility index (Phi) is 3.54. The van der Waals surface area contributed by atoms with Crippen LogP contribution in [0.15, 0.2) is 11.0 Å². The number of amides is 2. The van der Waals surface area contributed by atoms with Crippen LogP contribution in [0.4, 0.5) is 4.79 Å². The number of imide groups is 1. The van der Waals surface area contributed by atoms with Gasteiger partial charge in [0.1, 0.15) is 0 Å². The molecule has 3 nitrogen and oxygen atoms in total. The first-order valence-corrected chi connectivity index (χ1v) is 5.14. The van der Waals surface area contributed by atoms with Crippen LogP contribution in [0, 0.1) is 5.92 Å². The number of allylic oxidation sites excluding steroid dienone is 1. The first-order valence-electron chi connectivity index (χ1n) is 4.33. The fraction of sp³-hybridized carbons (Fsp3) is 0.556. The molecule has 1 aliphatic heterocycles. The lowest BCUT2D eigenvalue weighted by atomic mass is 10.1. The molecule has 0 atom stereocenters. The second-order valence-electron chi connectivity index (χ2n) is 3.38. The zero-order chi connectivity index (χ0) is 9.84.